The molecule has 1 unspecified atom stereocenters. The number of benzene rings is 3. The van der Waals surface area contributed by atoms with Gasteiger partial charge in [0.15, 0.2) is 5.78 Å². The van der Waals surface area contributed by atoms with E-state index in [1.54, 1.807) is 30.3 Å². The monoisotopic (exact) mass is 441 g/mol. The van der Waals surface area contributed by atoms with Gasteiger partial charge in [-0.2, -0.15) is 0 Å². The number of hydrogen-bond acceptors (Lipinski definition) is 4. The molecule has 3 aromatic carbocycles. The number of halogens is 1. The van der Waals surface area contributed by atoms with Crippen molar-refractivity contribution in [2.24, 2.45) is 0 Å². The number of ketones is 1. The van der Waals surface area contributed by atoms with E-state index in [4.69, 9.17) is 4.74 Å². The van der Waals surface area contributed by atoms with E-state index in [9.17, 15) is 18.8 Å². The van der Waals surface area contributed by atoms with Gasteiger partial charge in [0, 0.05) is 11.3 Å². The highest BCUT2D eigenvalue weighted by Gasteiger charge is 2.59. The molecule has 0 bridgehead atoms. The van der Waals surface area contributed by atoms with Crippen LogP contribution in [0.15, 0.2) is 84.4 Å². The molecule has 0 saturated heterocycles. The van der Waals surface area contributed by atoms with E-state index in [1.807, 2.05) is 30.3 Å². The maximum atomic E-state index is 14.5. The van der Waals surface area contributed by atoms with Crippen LogP contribution in [-0.2, 0) is 31.1 Å². The minimum Gasteiger partial charge on any atom is -0.425 e. The Balaban J connectivity index is 1.78. The molecule has 33 heavy (non-hydrogen) atoms. The summed E-state index contributed by atoms with van der Waals surface area (Å²) < 4.78 is 20.0. The maximum absolute atomic E-state index is 14.5. The third-order valence-electron chi connectivity index (χ3n) is 6.17. The number of hydrogen-bond donors (Lipinski definition) is 0. The van der Waals surface area contributed by atoms with E-state index in [0.717, 1.165) is 5.56 Å². The summed E-state index contributed by atoms with van der Waals surface area (Å²) in [5.41, 5.74) is 0.569. The average molecular weight is 441 g/mol. The van der Waals surface area contributed by atoms with Crippen molar-refractivity contribution >= 4 is 29.1 Å². The van der Waals surface area contributed by atoms with Crippen molar-refractivity contribution in [2.75, 3.05) is 4.90 Å². The highest BCUT2D eigenvalue weighted by molar-refractivity contribution is 6.21. The minimum atomic E-state index is -1.65. The van der Waals surface area contributed by atoms with Crippen LogP contribution in [0.25, 0.3) is 5.76 Å². The zero-order valence-corrected chi connectivity index (χ0v) is 17.9. The second-order valence-corrected chi connectivity index (χ2v) is 8.22. The van der Waals surface area contributed by atoms with Crippen LogP contribution in [0, 0.1) is 5.82 Å². The number of cyclic esters (lactones) is 1. The molecule has 6 heteroatoms. The van der Waals surface area contributed by atoms with Crippen LogP contribution in [-0.4, -0.2) is 17.7 Å². The number of carbonyl (C=O) groups excluding carboxylic acids is 3. The van der Waals surface area contributed by atoms with Crippen LogP contribution >= 0.6 is 0 Å². The molecule has 0 radical (unpaired) electrons. The maximum Gasteiger partial charge on any atom is 0.313 e. The van der Waals surface area contributed by atoms with Crippen LogP contribution in [0.5, 0.6) is 0 Å². The number of fused-ring (bicyclic) bond motifs is 2. The number of carbonyl (C=O) groups is 3. The Morgan fingerprint density at radius 3 is 2.33 bits per heavy atom. The van der Waals surface area contributed by atoms with E-state index in [0.29, 0.717) is 16.8 Å². The summed E-state index contributed by atoms with van der Waals surface area (Å²) in [7, 11) is 0. The summed E-state index contributed by atoms with van der Waals surface area (Å²) in [6.45, 7) is 1.56. The molecule has 2 aliphatic heterocycles. The van der Waals surface area contributed by atoms with Gasteiger partial charge in [-0.25, -0.2) is 4.39 Å². The van der Waals surface area contributed by atoms with E-state index in [1.165, 1.54) is 30.0 Å². The number of rotatable bonds is 4. The molecule has 0 N–H and O–H groups in total. The number of nitrogens with zero attached hydrogens (tertiary/aromatic N) is 1. The van der Waals surface area contributed by atoms with Crippen LogP contribution in [0.3, 0.4) is 0 Å². The molecule has 0 fully saturated rings. The molecule has 0 aromatic heterocycles. The molecule has 5 nitrogen and oxygen atoms in total. The standard InChI is InChI=1S/C27H20FNO4/c1-17(30)24-25(19-10-6-3-7-11-19)33-23(31)15-27(24)21-14-20(28)12-13-22(21)29(26(27)32)16-18-8-4-2-5-9-18/h2-14H,15-16H2,1H3. The number of amides is 1. The quantitative estimate of drug-likeness (QED) is 0.557. The Labute approximate surface area is 190 Å². The highest BCUT2D eigenvalue weighted by Crippen LogP contribution is 2.53. The van der Waals surface area contributed by atoms with Crippen molar-refractivity contribution in [1.82, 2.24) is 0 Å². The van der Waals surface area contributed by atoms with Gasteiger partial charge in [0.05, 0.1) is 18.5 Å². The molecule has 164 valence electrons. The average Bonchev–Trinajstić information content (AvgIpc) is 3.02. The second-order valence-electron chi connectivity index (χ2n) is 8.22. The van der Waals surface area contributed by atoms with Crippen molar-refractivity contribution in [3.8, 4) is 0 Å². The van der Waals surface area contributed by atoms with E-state index >= 15 is 0 Å². The fourth-order valence-corrected chi connectivity index (χ4v) is 4.83. The van der Waals surface area contributed by atoms with Crippen LogP contribution in [0.1, 0.15) is 30.0 Å². The molecule has 0 saturated carbocycles. The lowest BCUT2D eigenvalue weighted by atomic mass is 9.69. The second kappa shape index (κ2) is 7.81. The van der Waals surface area contributed by atoms with Crippen molar-refractivity contribution in [3.05, 3.63) is 107 Å². The predicted octanol–water partition coefficient (Wildman–Crippen LogP) is 4.56. The van der Waals surface area contributed by atoms with E-state index < -0.39 is 28.9 Å². The Morgan fingerprint density at radius 2 is 1.67 bits per heavy atom. The third-order valence-corrected chi connectivity index (χ3v) is 6.17. The first-order valence-electron chi connectivity index (χ1n) is 10.6. The van der Waals surface area contributed by atoms with Gasteiger partial charge in [-0.1, -0.05) is 60.7 Å². The molecule has 3 aromatic rings. The Morgan fingerprint density at radius 1 is 1.00 bits per heavy atom. The summed E-state index contributed by atoms with van der Waals surface area (Å²) in [4.78, 5) is 41.5. The topological polar surface area (TPSA) is 63.7 Å². The molecular weight excluding hydrogens is 421 g/mol. The van der Waals surface area contributed by atoms with Gasteiger partial charge in [0.25, 0.3) is 0 Å². The third kappa shape index (κ3) is 3.26. The summed E-state index contributed by atoms with van der Waals surface area (Å²) in [6, 6.07) is 22.1. The van der Waals surface area contributed by atoms with Crippen LogP contribution in [0.2, 0.25) is 0 Å². The van der Waals surface area contributed by atoms with Gasteiger partial charge < -0.3 is 9.64 Å². The molecule has 2 heterocycles. The largest absolute Gasteiger partial charge is 0.425 e. The number of anilines is 1. The summed E-state index contributed by atoms with van der Waals surface area (Å²) in [6.07, 6.45) is -0.376. The van der Waals surface area contributed by atoms with E-state index in [2.05, 4.69) is 0 Å². The molecular formula is C27H20FNO4. The number of ether oxygens (including phenoxy) is 1. The lowest BCUT2D eigenvalue weighted by Gasteiger charge is -2.34. The Bertz CT molecular complexity index is 1320. The van der Waals surface area contributed by atoms with Crippen LogP contribution in [0.4, 0.5) is 10.1 Å². The predicted molar refractivity (Wildman–Crippen MR) is 120 cm³/mol. The summed E-state index contributed by atoms with van der Waals surface area (Å²) in [5.74, 6) is -2.01. The molecule has 1 atom stereocenters. The zero-order valence-electron chi connectivity index (χ0n) is 17.9. The van der Waals surface area contributed by atoms with Crippen molar-refractivity contribution in [2.45, 2.75) is 25.3 Å². The summed E-state index contributed by atoms with van der Waals surface area (Å²) >= 11 is 0. The van der Waals surface area contributed by atoms with Gasteiger partial charge in [-0.15, -0.1) is 0 Å². The Hall–Kier alpha value is -4.06. The first-order valence-corrected chi connectivity index (χ1v) is 10.6. The lowest BCUT2D eigenvalue weighted by Crippen LogP contribution is -2.47. The van der Waals surface area contributed by atoms with Crippen molar-refractivity contribution < 1.29 is 23.5 Å². The van der Waals surface area contributed by atoms with Crippen molar-refractivity contribution in [3.63, 3.8) is 0 Å². The van der Waals surface area contributed by atoms with Gasteiger partial charge in [-0.05, 0) is 36.2 Å². The fraction of sp³-hybridized carbons (Fsp3) is 0.148. The number of Topliss-reactive ketones (excluding diaryl/α,β-unsaturated/α-hetero) is 1. The summed E-state index contributed by atoms with van der Waals surface area (Å²) in [5, 5.41) is 0. The molecule has 5 rings (SSSR count). The Kier molecular flexibility index (Phi) is 4.93. The first kappa shape index (κ1) is 20.8. The first-order chi connectivity index (χ1) is 15.9. The highest BCUT2D eigenvalue weighted by atomic mass is 19.1. The molecule has 1 spiro atoms. The minimum absolute atomic E-state index is 0.0458. The molecule has 2 aliphatic rings. The van der Waals surface area contributed by atoms with Crippen molar-refractivity contribution in [1.29, 1.82) is 0 Å². The smallest absolute Gasteiger partial charge is 0.313 e. The molecule has 1 amide bonds. The SMILES string of the molecule is CC(=O)C1=C(c2ccccc2)OC(=O)CC12C(=O)N(Cc1ccccc1)c1ccc(F)cc12. The van der Waals surface area contributed by atoms with Gasteiger partial charge in [0.2, 0.25) is 5.91 Å². The zero-order chi connectivity index (χ0) is 23.2. The lowest BCUT2D eigenvalue weighted by molar-refractivity contribution is -0.142. The van der Waals surface area contributed by atoms with E-state index in [-0.39, 0.29) is 24.3 Å². The fourth-order valence-electron chi connectivity index (χ4n) is 4.83. The van der Waals surface area contributed by atoms with Crippen LogP contribution < -0.4 is 4.90 Å². The van der Waals surface area contributed by atoms with Gasteiger partial charge >= 0.3 is 5.97 Å². The normalized spacial score (nSPS) is 19.6. The number of esters is 1. The van der Waals surface area contributed by atoms with Gasteiger partial charge in [-0.3, -0.25) is 14.4 Å². The van der Waals surface area contributed by atoms with Gasteiger partial charge in [0.1, 0.15) is 17.0 Å². The molecule has 0 aliphatic carbocycles.